The van der Waals surface area contributed by atoms with Gasteiger partial charge in [0.1, 0.15) is 23.7 Å². The van der Waals surface area contributed by atoms with Crippen LogP contribution in [0.3, 0.4) is 0 Å². The third kappa shape index (κ3) is 9.28. The first-order chi connectivity index (χ1) is 19.5. The quantitative estimate of drug-likeness (QED) is 0.184. The van der Waals surface area contributed by atoms with E-state index >= 15 is 0 Å². The number of nitrogens with one attached hydrogen (secondary N) is 3. The zero-order valence-corrected chi connectivity index (χ0v) is 23.5. The molecule has 0 unspecified atom stereocenters. The van der Waals surface area contributed by atoms with Crippen molar-refractivity contribution in [2.75, 3.05) is 50.6 Å². The van der Waals surface area contributed by atoms with Crippen molar-refractivity contribution >= 4 is 34.1 Å². The summed E-state index contributed by atoms with van der Waals surface area (Å²) in [7, 11) is 1.71. The van der Waals surface area contributed by atoms with Crippen LogP contribution in [0.15, 0.2) is 54.9 Å². The molecule has 0 fully saturated rings. The SMILES string of the molecule is CC.CCN(CCCOc1ccc2c(Nc3cc(CC(=O)Nc4cccc(F)c4)[nH]n3)ncnc2c1)CCOC. The van der Waals surface area contributed by atoms with Crippen LogP contribution < -0.4 is 15.4 Å². The highest BCUT2D eigenvalue weighted by molar-refractivity contribution is 5.93. The summed E-state index contributed by atoms with van der Waals surface area (Å²) in [5, 5.41) is 13.7. The molecular weight excluding hydrogens is 513 g/mol. The van der Waals surface area contributed by atoms with Gasteiger partial charge in [-0.25, -0.2) is 14.4 Å². The van der Waals surface area contributed by atoms with Crippen LogP contribution in [-0.2, 0) is 16.0 Å². The lowest BCUT2D eigenvalue weighted by molar-refractivity contribution is -0.115. The number of carbonyl (C=O) groups is 1. The molecule has 0 saturated carbocycles. The number of rotatable bonds is 14. The molecule has 10 nitrogen and oxygen atoms in total. The van der Waals surface area contributed by atoms with Crippen molar-refractivity contribution in [1.29, 1.82) is 0 Å². The molecule has 0 radical (unpaired) electrons. The molecule has 0 saturated heterocycles. The number of nitrogens with zero attached hydrogens (tertiary/aromatic N) is 4. The largest absolute Gasteiger partial charge is 0.493 e. The fourth-order valence-corrected chi connectivity index (χ4v) is 3.93. The minimum absolute atomic E-state index is 0.0544. The average Bonchev–Trinajstić information content (AvgIpc) is 3.40. The Hall–Kier alpha value is -4.09. The van der Waals surface area contributed by atoms with Gasteiger partial charge in [-0.3, -0.25) is 9.89 Å². The summed E-state index contributed by atoms with van der Waals surface area (Å²) in [5.74, 6) is 1.13. The van der Waals surface area contributed by atoms with Crippen molar-refractivity contribution in [3.05, 3.63) is 66.4 Å². The van der Waals surface area contributed by atoms with Crippen LogP contribution >= 0.6 is 0 Å². The molecule has 0 atom stereocenters. The number of halogens is 1. The van der Waals surface area contributed by atoms with Gasteiger partial charge in [0, 0.05) is 49.1 Å². The summed E-state index contributed by atoms with van der Waals surface area (Å²) < 4.78 is 24.4. The third-order valence-corrected chi connectivity index (χ3v) is 5.89. The molecule has 2 aromatic heterocycles. The lowest BCUT2D eigenvalue weighted by atomic mass is 10.2. The number of ether oxygens (including phenoxy) is 2. The van der Waals surface area contributed by atoms with E-state index in [1.165, 1.54) is 24.5 Å². The topological polar surface area (TPSA) is 117 Å². The molecule has 4 rings (SSSR count). The number of hydrogen-bond donors (Lipinski definition) is 3. The van der Waals surface area contributed by atoms with Gasteiger partial charge in [0.2, 0.25) is 5.91 Å². The maximum atomic E-state index is 13.3. The van der Waals surface area contributed by atoms with Crippen molar-refractivity contribution < 1.29 is 18.7 Å². The molecule has 11 heteroatoms. The van der Waals surface area contributed by atoms with Gasteiger partial charge in [0.15, 0.2) is 5.82 Å². The molecule has 0 aliphatic rings. The Bertz CT molecular complexity index is 1350. The van der Waals surface area contributed by atoms with Gasteiger partial charge in [-0.1, -0.05) is 26.8 Å². The minimum atomic E-state index is -0.413. The molecule has 214 valence electrons. The molecule has 0 bridgehead atoms. The van der Waals surface area contributed by atoms with Crippen LogP contribution in [0.5, 0.6) is 5.75 Å². The predicted molar refractivity (Wildman–Crippen MR) is 156 cm³/mol. The Labute approximate surface area is 234 Å². The van der Waals surface area contributed by atoms with Crippen LogP contribution in [0.2, 0.25) is 0 Å². The summed E-state index contributed by atoms with van der Waals surface area (Å²) in [5.41, 5.74) is 1.73. The van der Waals surface area contributed by atoms with E-state index in [-0.39, 0.29) is 12.3 Å². The Morgan fingerprint density at radius 3 is 2.70 bits per heavy atom. The maximum Gasteiger partial charge on any atom is 0.230 e. The Morgan fingerprint density at radius 2 is 1.93 bits per heavy atom. The second kappa shape index (κ2) is 16.1. The van der Waals surface area contributed by atoms with E-state index in [0.29, 0.717) is 29.6 Å². The summed E-state index contributed by atoms with van der Waals surface area (Å²) in [6.45, 7) is 10.3. The van der Waals surface area contributed by atoms with Gasteiger partial charge in [-0.05, 0) is 43.3 Å². The van der Waals surface area contributed by atoms with Crippen LogP contribution in [0.4, 0.5) is 21.7 Å². The van der Waals surface area contributed by atoms with Gasteiger partial charge in [-0.15, -0.1) is 0 Å². The van der Waals surface area contributed by atoms with Crippen molar-refractivity contribution in [3.63, 3.8) is 0 Å². The molecule has 1 amide bonds. The van der Waals surface area contributed by atoms with Crippen molar-refractivity contribution in [2.45, 2.75) is 33.6 Å². The van der Waals surface area contributed by atoms with Crippen LogP contribution in [0, 0.1) is 5.82 Å². The number of benzene rings is 2. The molecule has 40 heavy (non-hydrogen) atoms. The predicted octanol–water partition coefficient (Wildman–Crippen LogP) is 5.18. The number of H-pyrrole nitrogens is 1. The average molecular weight is 552 g/mol. The monoisotopic (exact) mass is 551 g/mol. The van der Waals surface area contributed by atoms with E-state index < -0.39 is 5.82 Å². The lowest BCUT2D eigenvalue weighted by Gasteiger charge is -2.19. The number of methoxy groups -OCH3 is 1. The van der Waals surface area contributed by atoms with E-state index in [0.717, 1.165) is 49.3 Å². The Morgan fingerprint density at radius 1 is 1.07 bits per heavy atom. The number of aromatic nitrogens is 4. The molecule has 0 spiro atoms. The number of hydrogen-bond acceptors (Lipinski definition) is 8. The number of fused-ring (bicyclic) bond motifs is 1. The number of likely N-dealkylation sites (N-methyl/N-ethyl adjacent to an activating group) is 1. The first-order valence-electron chi connectivity index (χ1n) is 13.5. The van der Waals surface area contributed by atoms with E-state index in [4.69, 9.17) is 9.47 Å². The molecule has 0 aliphatic heterocycles. The Balaban J connectivity index is 0.00000216. The number of amides is 1. The van der Waals surface area contributed by atoms with E-state index in [1.54, 1.807) is 19.2 Å². The zero-order valence-electron chi connectivity index (χ0n) is 23.5. The highest BCUT2D eigenvalue weighted by atomic mass is 19.1. The van der Waals surface area contributed by atoms with Gasteiger partial charge < -0.3 is 25.0 Å². The Kier molecular flexibility index (Phi) is 12.3. The number of anilines is 3. The molecule has 2 aromatic carbocycles. The van der Waals surface area contributed by atoms with Crippen LogP contribution in [-0.4, -0.2) is 70.9 Å². The zero-order chi connectivity index (χ0) is 28.7. The fourth-order valence-electron chi connectivity index (χ4n) is 3.93. The molecule has 4 aromatic rings. The summed E-state index contributed by atoms with van der Waals surface area (Å²) in [6, 6.07) is 13.2. The van der Waals surface area contributed by atoms with Gasteiger partial charge in [0.05, 0.1) is 25.2 Å². The van der Waals surface area contributed by atoms with E-state index in [9.17, 15) is 9.18 Å². The first-order valence-corrected chi connectivity index (χ1v) is 13.5. The van der Waals surface area contributed by atoms with Crippen molar-refractivity contribution in [1.82, 2.24) is 25.1 Å². The molecule has 2 heterocycles. The lowest BCUT2D eigenvalue weighted by Crippen LogP contribution is -2.29. The summed E-state index contributed by atoms with van der Waals surface area (Å²) in [6.07, 6.45) is 2.44. The fraction of sp³-hybridized carbons (Fsp3) is 0.379. The minimum Gasteiger partial charge on any atom is -0.493 e. The van der Waals surface area contributed by atoms with Crippen molar-refractivity contribution in [3.8, 4) is 5.75 Å². The van der Waals surface area contributed by atoms with E-state index in [2.05, 4.69) is 42.6 Å². The third-order valence-electron chi connectivity index (χ3n) is 5.89. The normalized spacial score (nSPS) is 10.8. The van der Waals surface area contributed by atoms with Crippen molar-refractivity contribution in [2.24, 2.45) is 0 Å². The van der Waals surface area contributed by atoms with Crippen LogP contribution in [0.1, 0.15) is 32.9 Å². The molecule has 0 aliphatic carbocycles. The molecular formula is C29H38FN7O3. The second-order valence-corrected chi connectivity index (χ2v) is 8.67. The second-order valence-electron chi connectivity index (χ2n) is 8.67. The maximum absolute atomic E-state index is 13.3. The number of aromatic amines is 1. The highest BCUT2D eigenvalue weighted by Gasteiger charge is 2.11. The van der Waals surface area contributed by atoms with E-state index in [1.807, 2.05) is 32.0 Å². The summed E-state index contributed by atoms with van der Waals surface area (Å²) in [4.78, 5) is 23.4. The van der Waals surface area contributed by atoms with Gasteiger partial charge >= 0.3 is 0 Å². The summed E-state index contributed by atoms with van der Waals surface area (Å²) >= 11 is 0. The van der Waals surface area contributed by atoms with Gasteiger partial charge in [-0.2, -0.15) is 5.10 Å². The van der Waals surface area contributed by atoms with Gasteiger partial charge in [0.25, 0.3) is 0 Å². The smallest absolute Gasteiger partial charge is 0.230 e. The first kappa shape index (κ1) is 30.5. The van der Waals surface area contributed by atoms with Crippen LogP contribution in [0.25, 0.3) is 10.9 Å². The highest BCUT2D eigenvalue weighted by Crippen LogP contribution is 2.26. The molecule has 3 N–H and O–H groups in total. The standard InChI is InChI=1S/C27H32FN7O3.C2H6/c1-3-35(11-13-37-2)10-5-12-38-22-8-9-23-24(17-22)29-18-30-27(23)32-25-15-21(33-34-25)16-26(36)31-20-7-4-6-19(28)14-20;1-2/h4,6-9,14-15,17-18H,3,5,10-13,16H2,1-2H3,(H,31,36)(H2,29,30,32,33,34);1-2H3. The number of carbonyl (C=O) groups excluding carboxylic acids is 1.